The van der Waals surface area contributed by atoms with Crippen molar-refractivity contribution in [1.82, 2.24) is 0 Å². The fourth-order valence-electron chi connectivity index (χ4n) is 1.01. The average Bonchev–Trinajstić information content (AvgIpc) is 2.06. The van der Waals surface area contributed by atoms with Gasteiger partial charge in [-0.1, -0.05) is 24.3 Å². The summed E-state index contributed by atoms with van der Waals surface area (Å²) < 4.78 is 47.6. The van der Waals surface area contributed by atoms with Gasteiger partial charge in [-0.15, -0.1) is 0 Å². The van der Waals surface area contributed by atoms with Gasteiger partial charge in [0.05, 0.1) is 0 Å². The van der Waals surface area contributed by atoms with Crippen LogP contribution < -0.4 is 0 Å². The Morgan fingerprint density at radius 2 is 1.14 bits per heavy atom. The van der Waals surface area contributed by atoms with Gasteiger partial charge in [-0.3, -0.25) is 0 Å². The molecule has 0 amide bonds. The summed E-state index contributed by atoms with van der Waals surface area (Å²) >= 11 is 0. The highest BCUT2D eigenvalue weighted by Gasteiger charge is 2.00. The number of hydrogen-bond acceptors (Lipinski definition) is 0. The van der Waals surface area contributed by atoms with Crippen LogP contribution in [0.1, 0.15) is 11.1 Å². The highest BCUT2D eigenvalue weighted by atomic mass is 19.3. The Hall–Kier alpha value is -1.58. The van der Waals surface area contributed by atoms with Crippen LogP contribution in [0.15, 0.2) is 36.4 Å². The van der Waals surface area contributed by atoms with Crippen LogP contribution in [0.3, 0.4) is 0 Å². The van der Waals surface area contributed by atoms with Gasteiger partial charge in [-0.05, 0) is 11.1 Å². The second kappa shape index (κ2) is 4.60. The highest BCUT2D eigenvalue weighted by Crippen LogP contribution is 2.18. The van der Waals surface area contributed by atoms with Crippen LogP contribution in [0, 0.1) is 0 Å². The minimum Gasteiger partial charge on any atom is -0.173 e. The quantitative estimate of drug-likeness (QED) is 0.631. The van der Waals surface area contributed by atoms with Gasteiger partial charge in [0.2, 0.25) is 0 Å². The predicted molar refractivity (Wildman–Crippen MR) is 46.8 cm³/mol. The van der Waals surface area contributed by atoms with Crippen molar-refractivity contribution in [3.63, 3.8) is 0 Å². The summed E-state index contributed by atoms with van der Waals surface area (Å²) in [7, 11) is 0. The molecule has 1 aromatic carbocycles. The Morgan fingerprint density at radius 1 is 0.786 bits per heavy atom. The third-order valence-corrected chi connectivity index (χ3v) is 1.53. The van der Waals surface area contributed by atoms with Crippen LogP contribution in [0.2, 0.25) is 0 Å². The van der Waals surface area contributed by atoms with Gasteiger partial charge in [-0.2, -0.15) is 17.6 Å². The summed E-state index contributed by atoms with van der Waals surface area (Å²) in [6.07, 6.45) is -2.72. The van der Waals surface area contributed by atoms with Crippen molar-refractivity contribution in [2.45, 2.75) is 0 Å². The molecule has 0 saturated heterocycles. The lowest BCUT2D eigenvalue weighted by atomic mass is 10.1. The zero-order valence-electron chi connectivity index (χ0n) is 6.98. The summed E-state index contributed by atoms with van der Waals surface area (Å²) in [6.45, 7) is 0. The maximum absolute atomic E-state index is 11.9. The van der Waals surface area contributed by atoms with E-state index in [0.717, 1.165) is 0 Å². The molecular weight excluding hydrogens is 196 g/mol. The van der Waals surface area contributed by atoms with E-state index in [-0.39, 0.29) is 11.1 Å². The fourth-order valence-corrected chi connectivity index (χ4v) is 1.01. The molecule has 14 heavy (non-hydrogen) atoms. The zero-order chi connectivity index (χ0) is 10.6. The molecule has 0 atom stereocenters. The number of benzene rings is 1. The van der Waals surface area contributed by atoms with Gasteiger partial charge in [-0.25, -0.2) is 0 Å². The van der Waals surface area contributed by atoms with Gasteiger partial charge >= 0.3 is 0 Å². The van der Waals surface area contributed by atoms with E-state index in [2.05, 4.69) is 0 Å². The zero-order valence-corrected chi connectivity index (χ0v) is 6.98. The summed E-state index contributed by atoms with van der Waals surface area (Å²) in [5, 5.41) is 0. The maximum atomic E-state index is 11.9. The van der Waals surface area contributed by atoms with Crippen molar-refractivity contribution in [1.29, 1.82) is 0 Å². The second-order valence-electron chi connectivity index (χ2n) is 2.50. The van der Waals surface area contributed by atoms with Gasteiger partial charge < -0.3 is 0 Å². The molecule has 0 aliphatic heterocycles. The molecule has 0 aliphatic carbocycles. The van der Waals surface area contributed by atoms with Gasteiger partial charge in [0.25, 0.3) is 12.2 Å². The molecule has 1 aromatic rings. The smallest absolute Gasteiger partial charge is 0.173 e. The molecule has 0 saturated carbocycles. The van der Waals surface area contributed by atoms with E-state index in [0.29, 0.717) is 12.2 Å². The van der Waals surface area contributed by atoms with E-state index in [1.54, 1.807) is 0 Å². The van der Waals surface area contributed by atoms with Crippen molar-refractivity contribution in [3.05, 3.63) is 47.6 Å². The van der Waals surface area contributed by atoms with E-state index >= 15 is 0 Å². The van der Waals surface area contributed by atoms with Crippen molar-refractivity contribution in [2.24, 2.45) is 0 Å². The molecule has 0 unspecified atom stereocenters. The molecule has 0 bridgehead atoms. The monoisotopic (exact) mass is 202 g/mol. The summed E-state index contributed by atoms with van der Waals surface area (Å²) in [4.78, 5) is 0. The van der Waals surface area contributed by atoms with Gasteiger partial charge in [0.15, 0.2) is 0 Å². The van der Waals surface area contributed by atoms with Crippen LogP contribution >= 0.6 is 0 Å². The van der Waals surface area contributed by atoms with Crippen LogP contribution in [0.25, 0.3) is 12.2 Å². The number of halogens is 4. The Labute approximate surface area is 78.2 Å². The molecule has 0 fully saturated rings. The molecule has 0 spiro atoms. The van der Waals surface area contributed by atoms with E-state index in [4.69, 9.17) is 0 Å². The van der Waals surface area contributed by atoms with E-state index in [9.17, 15) is 17.6 Å². The maximum Gasteiger partial charge on any atom is 0.270 e. The highest BCUT2D eigenvalue weighted by molar-refractivity contribution is 5.65. The van der Waals surface area contributed by atoms with Crippen molar-refractivity contribution < 1.29 is 17.6 Å². The minimum atomic E-state index is -1.91. The normalized spacial score (nSPS) is 9.43. The van der Waals surface area contributed by atoms with E-state index in [1.807, 2.05) is 0 Å². The van der Waals surface area contributed by atoms with E-state index < -0.39 is 12.2 Å². The lowest BCUT2D eigenvalue weighted by Gasteiger charge is -1.98. The van der Waals surface area contributed by atoms with Crippen molar-refractivity contribution in [2.75, 3.05) is 0 Å². The SMILES string of the molecule is FC(F)=Cc1ccccc1C=C(F)F. The van der Waals surface area contributed by atoms with Gasteiger partial charge in [0.1, 0.15) is 0 Å². The first-order valence-corrected chi connectivity index (χ1v) is 3.74. The van der Waals surface area contributed by atoms with Gasteiger partial charge in [0, 0.05) is 12.2 Å². The number of hydrogen-bond donors (Lipinski definition) is 0. The topological polar surface area (TPSA) is 0 Å². The van der Waals surface area contributed by atoms with Crippen molar-refractivity contribution >= 4 is 12.2 Å². The molecular formula is C10H6F4. The minimum absolute atomic E-state index is 0.0697. The Bertz CT molecular complexity index is 334. The molecule has 74 valence electrons. The summed E-state index contributed by atoms with van der Waals surface area (Å²) in [5.74, 6) is 0. The second-order valence-corrected chi connectivity index (χ2v) is 2.50. The number of rotatable bonds is 2. The lowest BCUT2D eigenvalue weighted by Crippen LogP contribution is -1.80. The molecule has 0 radical (unpaired) electrons. The molecule has 0 heterocycles. The molecule has 1 rings (SSSR count). The molecule has 0 N–H and O–H groups in total. The predicted octanol–water partition coefficient (Wildman–Crippen LogP) is 4.16. The third kappa shape index (κ3) is 3.05. The van der Waals surface area contributed by atoms with E-state index in [1.165, 1.54) is 24.3 Å². The first kappa shape index (κ1) is 10.5. The van der Waals surface area contributed by atoms with Crippen LogP contribution in [-0.2, 0) is 0 Å². The Morgan fingerprint density at radius 3 is 1.43 bits per heavy atom. The van der Waals surface area contributed by atoms with Crippen molar-refractivity contribution in [3.8, 4) is 0 Å². The summed E-state index contributed by atoms with van der Waals surface area (Å²) in [5.41, 5.74) is 0.139. The largest absolute Gasteiger partial charge is 0.270 e. The first-order valence-electron chi connectivity index (χ1n) is 3.74. The summed E-state index contributed by atoms with van der Waals surface area (Å²) in [6, 6.07) is 5.69. The molecule has 0 aliphatic rings. The van der Waals surface area contributed by atoms with Crippen LogP contribution in [0.4, 0.5) is 17.6 Å². The standard InChI is InChI=1S/C10H6F4/c11-9(12)5-7-3-1-2-4-8(7)6-10(13)14/h1-6H. The molecule has 0 nitrogen and oxygen atoms in total. The Balaban J connectivity index is 3.16. The lowest BCUT2D eigenvalue weighted by molar-refractivity contribution is 0.427. The van der Waals surface area contributed by atoms with Crippen LogP contribution in [-0.4, -0.2) is 0 Å². The first-order chi connectivity index (χ1) is 6.59. The Kier molecular flexibility index (Phi) is 3.45. The molecule has 4 heteroatoms. The van der Waals surface area contributed by atoms with Crippen LogP contribution in [0.5, 0.6) is 0 Å². The molecule has 0 aromatic heterocycles. The fraction of sp³-hybridized carbons (Fsp3) is 0. The average molecular weight is 202 g/mol. The third-order valence-electron chi connectivity index (χ3n) is 1.53.